The fraction of sp³-hybridized carbons (Fsp3) is 0. The smallest absolute Gasteiger partial charge is 0.0540 e. The lowest BCUT2D eigenvalue weighted by Crippen LogP contribution is -2.11. The fourth-order valence-corrected chi connectivity index (χ4v) is 11.3. The van der Waals surface area contributed by atoms with Crippen molar-refractivity contribution in [2.24, 2.45) is 0 Å². The largest absolute Gasteiger partial charge is 0.310 e. The average Bonchev–Trinajstić information content (AvgIpc) is 3.46. The molecule has 14 aromatic rings. The van der Waals surface area contributed by atoms with Crippen LogP contribution in [-0.2, 0) is 0 Å². The van der Waals surface area contributed by atoms with Crippen molar-refractivity contribution >= 4 is 127 Å². The van der Waals surface area contributed by atoms with Gasteiger partial charge in [0.15, 0.2) is 0 Å². The number of hydrogen-bond donors (Lipinski definition) is 0. The molecule has 0 saturated heterocycles. The Morgan fingerprint density at radius 3 is 0.726 bits per heavy atom. The van der Waals surface area contributed by atoms with Crippen LogP contribution in [0.3, 0.4) is 0 Å². The molecule has 0 bridgehead atoms. The van der Waals surface area contributed by atoms with Gasteiger partial charge in [0, 0.05) is 50.3 Å². The highest BCUT2D eigenvalue weighted by Gasteiger charge is 2.21. The molecule has 0 aliphatic heterocycles. The Balaban J connectivity index is 0.871. The van der Waals surface area contributed by atoms with Gasteiger partial charge < -0.3 is 14.7 Å². The van der Waals surface area contributed by atoms with Gasteiger partial charge in [0.25, 0.3) is 0 Å². The van der Waals surface area contributed by atoms with Crippen LogP contribution in [0.2, 0.25) is 0 Å². The van der Waals surface area contributed by atoms with Crippen LogP contribution in [0.4, 0.5) is 51.2 Å². The molecule has 0 N–H and O–H groups in total. The van der Waals surface area contributed by atoms with Gasteiger partial charge in [-0.2, -0.15) is 0 Å². The number of para-hydroxylation sites is 2. The molecular formula is C70H47N3. The molecule has 0 unspecified atom stereocenters. The van der Waals surface area contributed by atoms with E-state index in [0.29, 0.717) is 0 Å². The van der Waals surface area contributed by atoms with Crippen LogP contribution in [-0.4, -0.2) is 0 Å². The van der Waals surface area contributed by atoms with E-state index in [1.54, 1.807) is 0 Å². The standard InChI is InChI=1S/C70H47N3/c1-3-22-55(23-4-1)71(68-29-13-19-48-16-7-10-26-65(48)68)57-36-40-61-51(44-57)32-34-53-46-59(38-42-63(53)61)73(70-31-15-21-50-18-9-12-28-67(50)70)60-39-43-64-54(47-60)35-33-52-45-58(37-41-62(52)64)72(56-24-5-2-6-25-56)69-30-14-20-49-17-8-11-27-66(49)69/h1-47H. The van der Waals surface area contributed by atoms with E-state index in [1.165, 1.54) is 75.4 Å². The second-order valence-corrected chi connectivity index (χ2v) is 18.9. The maximum absolute atomic E-state index is 2.44. The summed E-state index contributed by atoms with van der Waals surface area (Å²) >= 11 is 0. The summed E-state index contributed by atoms with van der Waals surface area (Å²) in [6, 6.07) is 104. The third kappa shape index (κ3) is 7.37. The predicted molar refractivity (Wildman–Crippen MR) is 313 cm³/mol. The number of nitrogens with zero attached hydrogens (tertiary/aromatic N) is 3. The molecule has 342 valence electrons. The summed E-state index contributed by atoms with van der Waals surface area (Å²) in [4.78, 5) is 7.20. The fourth-order valence-electron chi connectivity index (χ4n) is 11.3. The van der Waals surface area contributed by atoms with Gasteiger partial charge in [-0.1, -0.05) is 194 Å². The highest BCUT2D eigenvalue weighted by atomic mass is 15.2. The summed E-state index contributed by atoms with van der Waals surface area (Å²) in [5, 5.41) is 16.9. The van der Waals surface area contributed by atoms with E-state index in [9.17, 15) is 0 Å². The maximum Gasteiger partial charge on any atom is 0.0540 e. The number of hydrogen-bond acceptors (Lipinski definition) is 3. The van der Waals surface area contributed by atoms with Gasteiger partial charge in [0.1, 0.15) is 0 Å². The van der Waals surface area contributed by atoms with Crippen LogP contribution in [0.1, 0.15) is 0 Å². The summed E-state index contributed by atoms with van der Waals surface area (Å²) < 4.78 is 0. The van der Waals surface area contributed by atoms with Gasteiger partial charge in [0.2, 0.25) is 0 Å². The van der Waals surface area contributed by atoms with Crippen LogP contribution < -0.4 is 14.7 Å². The quantitative estimate of drug-likeness (QED) is 0.134. The van der Waals surface area contributed by atoms with Crippen molar-refractivity contribution in [3.8, 4) is 0 Å². The molecule has 0 radical (unpaired) electrons. The first-order valence-electron chi connectivity index (χ1n) is 25.1. The minimum absolute atomic E-state index is 1.10. The van der Waals surface area contributed by atoms with Crippen molar-refractivity contribution in [1.82, 2.24) is 0 Å². The summed E-state index contributed by atoms with van der Waals surface area (Å²) in [6.07, 6.45) is 0. The molecule has 0 spiro atoms. The van der Waals surface area contributed by atoms with Crippen molar-refractivity contribution in [2.45, 2.75) is 0 Å². The van der Waals surface area contributed by atoms with E-state index in [2.05, 4.69) is 300 Å². The Kier molecular flexibility index (Phi) is 10.2. The Morgan fingerprint density at radius 2 is 0.411 bits per heavy atom. The maximum atomic E-state index is 2.44. The Hall–Kier alpha value is -9.70. The van der Waals surface area contributed by atoms with Gasteiger partial charge in [-0.3, -0.25) is 0 Å². The van der Waals surface area contributed by atoms with Crippen molar-refractivity contribution < 1.29 is 0 Å². The predicted octanol–water partition coefficient (Wildman–Crippen LogP) is 20.2. The molecule has 0 aliphatic carbocycles. The molecule has 0 saturated carbocycles. The number of fused-ring (bicyclic) bond motifs is 9. The molecule has 14 aromatic carbocycles. The topological polar surface area (TPSA) is 9.72 Å². The summed E-state index contributed by atoms with van der Waals surface area (Å²) in [5.41, 5.74) is 10.1. The zero-order chi connectivity index (χ0) is 48.2. The molecule has 3 nitrogen and oxygen atoms in total. The van der Waals surface area contributed by atoms with E-state index in [-0.39, 0.29) is 0 Å². The van der Waals surface area contributed by atoms with Crippen molar-refractivity contribution in [3.63, 3.8) is 0 Å². The summed E-state index contributed by atoms with van der Waals surface area (Å²) in [6.45, 7) is 0. The van der Waals surface area contributed by atoms with Gasteiger partial charge in [-0.05, 0) is 150 Å². The first kappa shape index (κ1) is 42.2. The first-order chi connectivity index (χ1) is 36.2. The first-order valence-corrected chi connectivity index (χ1v) is 25.1. The lowest BCUT2D eigenvalue weighted by atomic mass is 9.98. The molecule has 14 rings (SSSR count). The molecule has 0 heterocycles. The van der Waals surface area contributed by atoms with Crippen LogP contribution in [0.5, 0.6) is 0 Å². The van der Waals surface area contributed by atoms with Crippen molar-refractivity contribution in [1.29, 1.82) is 0 Å². The number of benzene rings is 14. The van der Waals surface area contributed by atoms with E-state index >= 15 is 0 Å². The molecule has 73 heavy (non-hydrogen) atoms. The second kappa shape index (κ2) is 17.6. The van der Waals surface area contributed by atoms with Crippen LogP contribution >= 0.6 is 0 Å². The van der Waals surface area contributed by atoms with Crippen LogP contribution in [0.25, 0.3) is 75.4 Å². The molecule has 0 fully saturated rings. The van der Waals surface area contributed by atoms with Crippen molar-refractivity contribution in [2.75, 3.05) is 14.7 Å². The van der Waals surface area contributed by atoms with Gasteiger partial charge >= 0.3 is 0 Å². The lowest BCUT2D eigenvalue weighted by Gasteiger charge is -2.28. The van der Waals surface area contributed by atoms with E-state index in [1.807, 2.05) is 0 Å². The van der Waals surface area contributed by atoms with Gasteiger partial charge in [-0.15, -0.1) is 0 Å². The average molecular weight is 930 g/mol. The Morgan fingerprint density at radius 1 is 0.151 bits per heavy atom. The SMILES string of the molecule is c1ccc(N(c2ccc3c(ccc4cc(N(c5ccc6c(ccc7cc(N(c8ccccc8)c8cccc9ccccc89)ccc76)c5)c5cccc6ccccc56)ccc43)c2)c2cccc3ccccc23)cc1. The molecule has 0 amide bonds. The van der Waals surface area contributed by atoms with E-state index in [4.69, 9.17) is 0 Å². The summed E-state index contributed by atoms with van der Waals surface area (Å²) in [7, 11) is 0. The zero-order valence-corrected chi connectivity index (χ0v) is 40.0. The van der Waals surface area contributed by atoms with Crippen molar-refractivity contribution in [3.05, 3.63) is 285 Å². The highest BCUT2D eigenvalue weighted by molar-refractivity contribution is 6.13. The molecule has 0 aromatic heterocycles. The molecule has 3 heteroatoms. The number of anilines is 9. The molecule has 0 atom stereocenters. The second-order valence-electron chi connectivity index (χ2n) is 18.9. The highest BCUT2D eigenvalue weighted by Crippen LogP contribution is 2.45. The number of rotatable bonds is 9. The Labute approximate surface area is 424 Å². The monoisotopic (exact) mass is 929 g/mol. The van der Waals surface area contributed by atoms with E-state index < -0.39 is 0 Å². The van der Waals surface area contributed by atoms with Crippen LogP contribution in [0.15, 0.2) is 285 Å². The normalized spacial score (nSPS) is 11.6. The lowest BCUT2D eigenvalue weighted by molar-refractivity contribution is 1.30. The third-order valence-electron chi connectivity index (χ3n) is 14.7. The Bertz CT molecular complexity index is 4150. The summed E-state index contributed by atoms with van der Waals surface area (Å²) in [5.74, 6) is 0. The van der Waals surface area contributed by atoms with Gasteiger partial charge in [0.05, 0.1) is 17.1 Å². The third-order valence-corrected chi connectivity index (χ3v) is 14.7. The minimum Gasteiger partial charge on any atom is -0.310 e. The zero-order valence-electron chi connectivity index (χ0n) is 40.0. The van der Waals surface area contributed by atoms with E-state index in [0.717, 1.165) is 51.2 Å². The van der Waals surface area contributed by atoms with Gasteiger partial charge in [-0.25, -0.2) is 0 Å². The minimum atomic E-state index is 1.10. The molecule has 0 aliphatic rings. The van der Waals surface area contributed by atoms with Crippen LogP contribution in [0, 0.1) is 0 Å². The molecular weight excluding hydrogens is 883 g/mol.